The second-order valence-corrected chi connectivity index (χ2v) is 15.0. The lowest BCUT2D eigenvalue weighted by Gasteiger charge is -2.14. The van der Waals surface area contributed by atoms with Crippen LogP contribution in [0.2, 0.25) is 0 Å². The Hall–Kier alpha value is -6.08. The highest BCUT2D eigenvalue weighted by molar-refractivity contribution is 7.25. The summed E-state index contributed by atoms with van der Waals surface area (Å²) in [4.78, 5) is 13.2. The lowest BCUT2D eigenvalue weighted by Crippen LogP contribution is -2.05. The quantitative estimate of drug-likeness (QED) is 0.181. The predicted molar refractivity (Wildman–Crippen MR) is 216 cm³/mol. The van der Waals surface area contributed by atoms with Crippen LogP contribution >= 0.6 is 22.7 Å². The van der Waals surface area contributed by atoms with E-state index in [1.165, 1.54) is 30.6 Å². The Kier molecular flexibility index (Phi) is 6.17. The third-order valence-corrected chi connectivity index (χ3v) is 12.3. The molecule has 0 spiro atoms. The number of fused-ring (bicyclic) bond motifs is 13. The van der Waals surface area contributed by atoms with Gasteiger partial charge in [0.05, 0.1) is 21.8 Å². The molecule has 0 bridgehead atoms. The molecule has 0 amide bonds. The molecule has 5 aromatic carbocycles. The molecule has 11 rings (SSSR count). The minimum atomic E-state index is 0.657. The molecule has 0 radical (unpaired) electrons. The number of aromatic nitrogens is 3. The van der Waals surface area contributed by atoms with E-state index in [-0.39, 0.29) is 0 Å². The molecule has 5 heterocycles. The number of para-hydroxylation sites is 2. The summed E-state index contributed by atoms with van der Waals surface area (Å²) in [5.41, 5.74) is 9.30. The van der Waals surface area contributed by atoms with E-state index >= 15 is 0 Å². The highest BCUT2D eigenvalue weighted by Crippen LogP contribution is 2.48. The molecule has 6 heteroatoms. The molecule has 4 nitrogen and oxygen atoms in total. The monoisotopic (exact) mass is 689 g/mol. The third kappa shape index (κ3) is 4.24. The first-order valence-electron chi connectivity index (χ1n) is 17.0. The lowest BCUT2D eigenvalue weighted by atomic mass is 9.97. The zero-order valence-electron chi connectivity index (χ0n) is 27.3. The van der Waals surface area contributed by atoms with Gasteiger partial charge in [-0.1, -0.05) is 104 Å². The van der Waals surface area contributed by atoms with Gasteiger partial charge in [0, 0.05) is 52.8 Å². The van der Waals surface area contributed by atoms with Gasteiger partial charge < -0.3 is 4.42 Å². The maximum atomic E-state index is 6.24. The molecule has 0 atom stereocenters. The molecule has 0 saturated carbocycles. The van der Waals surface area contributed by atoms with Gasteiger partial charge in [-0.2, -0.15) is 0 Å². The summed E-state index contributed by atoms with van der Waals surface area (Å²) in [6, 6.07) is 40.6. The van der Waals surface area contributed by atoms with Crippen LogP contribution in [-0.2, 0) is 6.42 Å². The van der Waals surface area contributed by atoms with E-state index in [2.05, 4.69) is 139 Å². The van der Waals surface area contributed by atoms with E-state index in [4.69, 9.17) is 14.4 Å². The number of furan rings is 1. The summed E-state index contributed by atoms with van der Waals surface area (Å²) in [5.74, 6) is 0.657. The number of nitrogens with zero attached hydrogens (tertiary/aromatic N) is 3. The van der Waals surface area contributed by atoms with Crippen LogP contribution in [0.1, 0.15) is 11.1 Å². The molecule has 240 valence electrons. The third-order valence-electron chi connectivity index (χ3n) is 10.1. The summed E-state index contributed by atoms with van der Waals surface area (Å²) in [6.07, 6.45) is 9.38. The van der Waals surface area contributed by atoms with Crippen LogP contribution in [0, 0.1) is 0 Å². The van der Waals surface area contributed by atoms with Crippen LogP contribution < -0.4 is 0 Å². The number of benzene rings is 5. The number of rotatable bonds is 2. The normalized spacial score (nSPS) is 14.5. The van der Waals surface area contributed by atoms with Crippen molar-refractivity contribution in [1.29, 1.82) is 0 Å². The van der Waals surface area contributed by atoms with Gasteiger partial charge in [0.2, 0.25) is 5.95 Å². The standard InChI is InChI=1S/C45H27N3OS2/c1-26-13-3-2-4-16-30-28-14-5-9-19-34(28)48(42(30)43-39(26)31-17-7-11-21-37(31)50-43)45-46-41(40-32-18-8-12-22-38(32)51-44(40)47-45)27-23-24-36-33(25-27)29-15-6-10-20-35(29)49-36/h2-15,17-25H,1,16H2/b4-2-,13-3-. The molecule has 0 unspecified atom stereocenters. The van der Waals surface area contributed by atoms with Crippen molar-refractivity contribution in [3.8, 4) is 27.8 Å². The van der Waals surface area contributed by atoms with E-state index in [0.717, 1.165) is 77.6 Å². The molecule has 0 N–H and O–H groups in total. The smallest absolute Gasteiger partial charge is 0.236 e. The maximum absolute atomic E-state index is 6.24. The predicted octanol–water partition coefficient (Wildman–Crippen LogP) is 12.9. The second kappa shape index (κ2) is 11.0. The van der Waals surface area contributed by atoms with Gasteiger partial charge in [-0.3, -0.25) is 4.57 Å². The average Bonchev–Trinajstić information content (AvgIpc) is 3.92. The van der Waals surface area contributed by atoms with E-state index in [1.807, 2.05) is 23.5 Å². The second-order valence-electron chi connectivity index (χ2n) is 13.0. The molecule has 0 aliphatic heterocycles. The van der Waals surface area contributed by atoms with Crippen LogP contribution in [0.5, 0.6) is 0 Å². The fourth-order valence-corrected chi connectivity index (χ4v) is 10.2. The first-order chi connectivity index (χ1) is 25.2. The van der Waals surface area contributed by atoms with Gasteiger partial charge in [0.25, 0.3) is 0 Å². The lowest BCUT2D eigenvalue weighted by molar-refractivity contribution is 0.669. The fourth-order valence-electron chi connectivity index (χ4n) is 7.80. The zero-order valence-corrected chi connectivity index (χ0v) is 28.9. The van der Waals surface area contributed by atoms with Crippen molar-refractivity contribution in [2.24, 2.45) is 0 Å². The van der Waals surface area contributed by atoms with Crippen molar-refractivity contribution in [3.05, 3.63) is 157 Å². The molecule has 1 aliphatic rings. The maximum Gasteiger partial charge on any atom is 0.236 e. The van der Waals surface area contributed by atoms with Gasteiger partial charge >= 0.3 is 0 Å². The molecular weight excluding hydrogens is 663 g/mol. The molecule has 1 aliphatic carbocycles. The Morgan fingerprint density at radius 1 is 0.667 bits per heavy atom. The molecule has 0 saturated heterocycles. The Morgan fingerprint density at radius 3 is 2.27 bits per heavy atom. The summed E-state index contributed by atoms with van der Waals surface area (Å²) in [7, 11) is 0. The highest BCUT2D eigenvalue weighted by atomic mass is 32.1. The van der Waals surface area contributed by atoms with E-state index < -0.39 is 0 Å². The Labute approximate surface area is 300 Å². The largest absolute Gasteiger partial charge is 0.456 e. The molecule has 10 aromatic rings. The number of allylic oxidation sites excluding steroid dienone is 5. The van der Waals surface area contributed by atoms with Crippen LogP contribution in [-0.4, -0.2) is 14.5 Å². The molecule has 51 heavy (non-hydrogen) atoms. The van der Waals surface area contributed by atoms with Gasteiger partial charge in [0.1, 0.15) is 16.0 Å². The topological polar surface area (TPSA) is 43.9 Å². The first-order valence-corrected chi connectivity index (χ1v) is 18.6. The SMILES string of the molecule is C=C1/C=C\C=C/Cc2c(n(-c3nc(-c4ccc5oc6ccccc6c5c4)c4c(n3)sc3ccccc34)c3ccccc23)-c2sc3ccccc3c21. The average molecular weight is 690 g/mol. The number of hydrogen-bond donors (Lipinski definition) is 0. The minimum absolute atomic E-state index is 0.657. The summed E-state index contributed by atoms with van der Waals surface area (Å²) in [6.45, 7) is 4.58. The van der Waals surface area contributed by atoms with Crippen molar-refractivity contribution in [2.45, 2.75) is 6.42 Å². The van der Waals surface area contributed by atoms with Crippen molar-refractivity contribution in [2.75, 3.05) is 0 Å². The van der Waals surface area contributed by atoms with Gasteiger partial charge in [0.15, 0.2) is 0 Å². The number of thiophene rings is 2. The summed E-state index contributed by atoms with van der Waals surface area (Å²) < 4.78 is 11.0. The molecule has 0 fully saturated rings. The number of hydrogen-bond acceptors (Lipinski definition) is 5. The van der Waals surface area contributed by atoms with E-state index in [1.54, 1.807) is 11.3 Å². The highest BCUT2D eigenvalue weighted by Gasteiger charge is 2.27. The van der Waals surface area contributed by atoms with E-state index in [9.17, 15) is 0 Å². The Morgan fingerprint density at radius 2 is 1.39 bits per heavy atom. The van der Waals surface area contributed by atoms with Crippen molar-refractivity contribution in [3.63, 3.8) is 0 Å². The van der Waals surface area contributed by atoms with Crippen molar-refractivity contribution < 1.29 is 4.42 Å². The fraction of sp³-hybridized carbons (Fsp3) is 0.0222. The minimum Gasteiger partial charge on any atom is -0.456 e. The van der Waals surface area contributed by atoms with Crippen molar-refractivity contribution >= 4 is 91.5 Å². The van der Waals surface area contributed by atoms with Gasteiger partial charge in [-0.25, -0.2) is 9.97 Å². The zero-order chi connectivity index (χ0) is 33.6. The summed E-state index contributed by atoms with van der Waals surface area (Å²) >= 11 is 3.54. The van der Waals surface area contributed by atoms with Crippen LogP contribution in [0.25, 0.3) is 96.6 Å². The summed E-state index contributed by atoms with van der Waals surface area (Å²) in [5, 5.41) is 6.82. The van der Waals surface area contributed by atoms with Crippen LogP contribution in [0.15, 0.2) is 151 Å². The molecular formula is C45H27N3OS2. The Balaban J connectivity index is 1.28. The first kappa shape index (κ1) is 28.7. The van der Waals surface area contributed by atoms with E-state index in [0.29, 0.717) is 5.95 Å². The van der Waals surface area contributed by atoms with Crippen LogP contribution in [0.4, 0.5) is 0 Å². The molecule has 5 aromatic heterocycles. The van der Waals surface area contributed by atoms with Gasteiger partial charge in [-0.15, -0.1) is 22.7 Å². The van der Waals surface area contributed by atoms with Crippen LogP contribution in [0.3, 0.4) is 0 Å². The Bertz CT molecular complexity index is 3150. The van der Waals surface area contributed by atoms with Gasteiger partial charge in [-0.05, 0) is 60.0 Å². The van der Waals surface area contributed by atoms with Crippen molar-refractivity contribution in [1.82, 2.24) is 14.5 Å².